The lowest BCUT2D eigenvalue weighted by atomic mass is 9.98. The molecule has 0 aliphatic carbocycles. The van der Waals surface area contributed by atoms with Gasteiger partial charge >= 0.3 is 0 Å². The van der Waals surface area contributed by atoms with Gasteiger partial charge in [0.15, 0.2) is 0 Å². The smallest absolute Gasteiger partial charge is 0.131 e. The van der Waals surface area contributed by atoms with Gasteiger partial charge in [-0.2, -0.15) is 0 Å². The molecule has 0 aromatic heterocycles. The average Bonchev–Trinajstić information content (AvgIpc) is 2.39. The Morgan fingerprint density at radius 1 is 1.11 bits per heavy atom. The Balaban J connectivity index is 2.65. The first kappa shape index (κ1) is 11.9. The van der Waals surface area contributed by atoms with E-state index in [0.29, 0.717) is 5.56 Å². The van der Waals surface area contributed by atoms with Crippen LogP contribution in [0.1, 0.15) is 5.56 Å². The highest BCUT2D eigenvalue weighted by Gasteiger charge is 2.11. The van der Waals surface area contributed by atoms with Crippen LogP contribution in [0.25, 0.3) is 27.3 Å². The van der Waals surface area contributed by atoms with Crippen LogP contribution in [0.3, 0.4) is 0 Å². The summed E-state index contributed by atoms with van der Waals surface area (Å²) in [4.78, 5) is 2.65. The summed E-state index contributed by atoms with van der Waals surface area (Å²) in [5.41, 5.74) is 10.2. The van der Waals surface area contributed by atoms with Crippen molar-refractivity contribution in [2.75, 3.05) is 0 Å². The van der Waals surface area contributed by atoms with Crippen molar-refractivity contribution in [1.29, 1.82) is 0 Å². The van der Waals surface area contributed by atoms with Gasteiger partial charge in [0.1, 0.15) is 5.82 Å². The summed E-state index contributed by atoms with van der Waals surface area (Å²) in [7, 11) is 0. The molecular formula is C14H10FN3. The van der Waals surface area contributed by atoms with Crippen LogP contribution in [0.15, 0.2) is 60.2 Å². The zero-order valence-electron chi connectivity index (χ0n) is 9.55. The van der Waals surface area contributed by atoms with Crippen LogP contribution in [0.5, 0.6) is 0 Å². The molecule has 4 heteroatoms. The predicted octanol–water partition coefficient (Wildman–Crippen LogP) is 4.77. The molecule has 2 aromatic carbocycles. The molecule has 0 N–H and O–H groups in total. The van der Waals surface area contributed by atoms with E-state index in [0.717, 1.165) is 5.56 Å². The van der Waals surface area contributed by atoms with Gasteiger partial charge in [-0.25, -0.2) is 4.39 Å². The quantitative estimate of drug-likeness (QED) is 0.420. The molecule has 88 valence electrons. The lowest BCUT2D eigenvalue weighted by molar-refractivity contribution is 0.624. The van der Waals surface area contributed by atoms with Crippen LogP contribution >= 0.6 is 0 Å². The van der Waals surface area contributed by atoms with Crippen LogP contribution in [-0.2, 0) is 0 Å². The monoisotopic (exact) mass is 239 g/mol. The third-order valence-corrected chi connectivity index (χ3v) is 2.55. The van der Waals surface area contributed by atoms with Crippen molar-refractivity contribution >= 4 is 5.70 Å². The Hall–Kier alpha value is -2.58. The van der Waals surface area contributed by atoms with Crippen LogP contribution in [0, 0.1) is 5.82 Å². The van der Waals surface area contributed by atoms with E-state index in [1.54, 1.807) is 12.1 Å². The maximum Gasteiger partial charge on any atom is 0.131 e. The van der Waals surface area contributed by atoms with Gasteiger partial charge in [-0.3, -0.25) is 0 Å². The van der Waals surface area contributed by atoms with Crippen molar-refractivity contribution in [1.82, 2.24) is 0 Å². The molecule has 0 radical (unpaired) electrons. The number of hydrogen-bond acceptors (Lipinski definition) is 1. The number of rotatable bonds is 3. The lowest BCUT2D eigenvalue weighted by Crippen LogP contribution is -1.91. The van der Waals surface area contributed by atoms with Gasteiger partial charge in [0, 0.05) is 16.2 Å². The number of azide groups is 1. The number of benzene rings is 2. The zero-order chi connectivity index (χ0) is 13.0. The average molecular weight is 239 g/mol. The first-order chi connectivity index (χ1) is 8.74. The molecule has 3 nitrogen and oxygen atoms in total. The molecule has 0 bridgehead atoms. The minimum atomic E-state index is -0.450. The van der Waals surface area contributed by atoms with Crippen molar-refractivity contribution in [3.8, 4) is 11.1 Å². The van der Waals surface area contributed by atoms with Gasteiger partial charge < -0.3 is 0 Å². The highest BCUT2D eigenvalue weighted by Crippen LogP contribution is 2.30. The summed E-state index contributed by atoms with van der Waals surface area (Å²) in [6.45, 7) is 3.60. The minimum absolute atomic E-state index is 0.0782. The van der Waals surface area contributed by atoms with Crippen molar-refractivity contribution in [2.45, 2.75) is 0 Å². The summed E-state index contributed by atoms with van der Waals surface area (Å²) in [6, 6.07) is 14.0. The number of halogens is 1. The van der Waals surface area contributed by atoms with Crippen LogP contribution in [0.2, 0.25) is 0 Å². The van der Waals surface area contributed by atoms with Gasteiger partial charge in [0.05, 0.1) is 0 Å². The van der Waals surface area contributed by atoms with Gasteiger partial charge in [0.2, 0.25) is 0 Å². The van der Waals surface area contributed by atoms with E-state index in [4.69, 9.17) is 5.53 Å². The van der Waals surface area contributed by atoms with Crippen molar-refractivity contribution in [3.63, 3.8) is 0 Å². The van der Waals surface area contributed by atoms with Gasteiger partial charge in [0.25, 0.3) is 0 Å². The van der Waals surface area contributed by atoms with E-state index in [2.05, 4.69) is 16.6 Å². The van der Waals surface area contributed by atoms with Crippen LogP contribution in [-0.4, -0.2) is 0 Å². The van der Waals surface area contributed by atoms with E-state index in [1.807, 2.05) is 30.3 Å². The van der Waals surface area contributed by atoms with Crippen LogP contribution in [0.4, 0.5) is 4.39 Å². The largest absolute Gasteiger partial charge is 0.206 e. The lowest BCUT2D eigenvalue weighted by Gasteiger charge is -2.10. The normalized spacial score (nSPS) is 9.61. The van der Waals surface area contributed by atoms with E-state index >= 15 is 0 Å². The zero-order valence-corrected chi connectivity index (χ0v) is 9.55. The second kappa shape index (κ2) is 5.17. The third-order valence-electron chi connectivity index (χ3n) is 2.55. The molecule has 2 aromatic rings. The summed E-state index contributed by atoms with van der Waals surface area (Å²) in [5, 5.41) is 3.39. The Bertz CT molecular complexity index is 629. The molecule has 2 rings (SSSR count). The number of hydrogen-bond donors (Lipinski definition) is 0. The van der Waals surface area contributed by atoms with E-state index in [-0.39, 0.29) is 11.3 Å². The predicted molar refractivity (Wildman–Crippen MR) is 70.0 cm³/mol. The van der Waals surface area contributed by atoms with Gasteiger partial charge in [-0.1, -0.05) is 54.2 Å². The maximum absolute atomic E-state index is 13.9. The summed E-state index contributed by atoms with van der Waals surface area (Å²) in [6.07, 6.45) is 0. The fourth-order valence-electron chi connectivity index (χ4n) is 1.78. The first-order valence-electron chi connectivity index (χ1n) is 5.32. The summed E-state index contributed by atoms with van der Waals surface area (Å²) < 4.78 is 13.9. The Kier molecular flexibility index (Phi) is 3.41. The summed E-state index contributed by atoms with van der Waals surface area (Å²) in [5.74, 6) is -0.450. The molecule has 0 spiro atoms. The Morgan fingerprint density at radius 2 is 1.83 bits per heavy atom. The Labute approximate surface area is 104 Å². The Morgan fingerprint density at radius 3 is 2.50 bits per heavy atom. The maximum atomic E-state index is 13.9. The molecule has 0 fully saturated rings. The number of nitrogens with zero attached hydrogens (tertiary/aromatic N) is 3. The molecule has 0 heterocycles. The standard InChI is InChI=1S/C14H10FN3/c1-10(17-18-16)14-12(8-5-9-13(14)15)11-6-3-2-4-7-11/h2-9H,1H2. The first-order valence-corrected chi connectivity index (χ1v) is 5.32. The fourth-order valence-corrected chi connectivity index (χ4v) is 1.78. The molecule has 0 saturated heterocycles. The molecule has 0 unspecified atom stereocenters. The second-order valence-corrected chi connectivity index (χ2v) is 3.66. The van der Waals surface area contributed by atoms with Crippen molar-refractivity contribution in [2.24, 2.45) is 5.11 Å². The highest BCUT2D eigenvalue weighted by atomic mass is 19.1. The molecule has 0 atom stereocenters. The molecule has 0 aliphatic heterocycles. The van der Waals surface area contributed by atoms with Crippen LogP contribution < -0.4 is 0 Å². The minimum Gasteiger partial charge on any atom is -0.206 e. The molecule has 0 aliphatic rings. The van der Waals surface area contributed by atoms with Crippen molar-refractivity contribution in [3.05, 3.63) is 76.9 Å². The second-order valence-electron chi connectivity index (χ2n) is 3.66. The molecule has 18 heavy (non-hydrogen) atoms. The summed E-state index contributed by atoms with van der Waals surface area (Å²) >= 11 is 0. The van der Waals surface area contributed by atoms with Gasteiger partial charge in [-0.15, -0.1) is 0 Å². The SMILES string of the molecule is C=C(N=[N+]=[N-])c1c(F)cccc1-c1ccccc1. The molecule has 0 amide bonds. The van der Waals surface area contributed by atoms with Crippen molar-refractivity contribution < 1.29 is 4.39 Å². The van der Waals surface area contributed by atoms with E-state index in [9.17, 15) is 4.39 Å². The fraction of sp³-hybridized carbons (Fsp3) is 0. The highest BCUT2D eigenvalue weighted by molar-refractivity contribution is 5.80. The molecule has 0 saturated carbocycles. The van der Waals surface area contributed by atoms with Gasteiger partial charge in [-0.05, 0) is 22.7 Å². The van der Waals surface area contributed by atoms with E-state index in [1.165, 1.54) is 6.07 Å². The molecular weight excluding hydrogens is 229 g/mol. The third kappa shape index (κ3) is 2.24. The van der Waals surface area contributed by atoms with E-state index < -0.39 is 5.82 Å². The topological polar surface area (TPSA) is 48.8 Å².